The third-order valence-electron chi connectivity index (χ3n) is 3.29. The van der Waals surface area contributed by atoms with Gasteiger partial charge in [0.15, 0.2) is 0 Å². The van der Waals surface area contributed by atoms with E-state index >= 15 is 0 Å². The van der Waals surface area contributed by atoms with Crippen molar-refractivity contribution in [2.75, 3.05) is 5.33 Å². The lowest BCUT2D eigenvalue weighted by atomic mass is 9.70. The van der Waals surface area contributed by atoms with E-state index in [1.165, 1.54) is 50.3 Å². The summed E-state index contributed by atoms with van der Waals surface area (Å²) in [5.41, 5.74) is 0.724. The van der Waals surface area contributed by atoms with Crippen LogP contribution in [0.3, 0.4) is 0 Å². The van der Waals surface area contributed by atoms with Crippen LogP contribution in [0.2, 0.25) is 0 Å². The van der Waals surface area contributed by atoms with Crippen LogP contribution in [0, 0.1) is 5.41 Å². The molecular formula is C10H19Br. The first kappa shape index (κ1) is 9.57. The molecule has 0 spiro atoms. The standard InChI is InChI=1S/C10H19Br/c1-2-10(8-9-11)6-4-3-5-7-10/h2-9H2,1H3. The van der Waals surface area contributed by atoms with Crippen molar-refractivity contribution in [3.05, 3.63) is 0 Å². The molecule has 0 N–H and O–H groups in total. The molecule has 0 radical (unpaired) electrons. The van der Waals surface area contributed by atoms with E-state index in [4.69, 9.17) is 0 Å². The second-order valence-corrected chi connectivity index (χ2v) is 4.65. The highest BCUT2D eigenvalue weighted by Gasteiger charge is 2.28. The number of rotatable bonds is 3. The zero-order valence-corrected chi connectivity index (χ0v) is 9.12. The predicted molar refractivity (Wildman–Crippen MR) is 54.2 cm³/mol. The van der Waals surface area contributed by atoms with Crippen molar-refractivity contribution in [1.29, 1.82) is 0 Å². The molecule has 1 aliphatic rings. The Labute approximate surface area is 78.9 Å². The van der Waals surface area contributed by atoms with Gasteiger partial charge in [0.2, 0.25) is 0 Å². The van der Waals surface area contributed by atoms with Crippen LogP contribution in [-0.4, -0.2) is 5.33 Å². The van der Waals surface area contributed by atoms with Gasteiger partial charge in [0, 0.05) is 5.33 Å². The largest absolute Gasteiger partial charge is 0.0928 e. The highest BCUT2D eigenvalue weighted by Crippen LogP contribution is 2.42. The van der Waals surface area contributed by atoms with Crippen LogP contribution < -0.4 is 0 Å². The third kappa shape index (κ3) is 2.47. The summed E-state index contributed by atoms with van der Waals surface area (Å²) in [4.78, 5) is 0. The molecule has 0 atom stereocenters. The summed E-state index contributed by atoms with van der Waals surface area (Å²) in [5, 5.41) is 1.20. The fourth-order valence-corrected chi connectivity index (χ4v) is 3.12. The minimum absolute atomic E-state index is 0.724. The Hall–Kier alpha value is 0.480. The van der Waals surface area contributed by atoms with Gasteiger partial charge in [-0.3, -0.25) is 0 Å². The van der Waals surface area contributed by atoms with Gasteiger partial charge >= 0.3 is 0 Å². The molecule has 0 saturated heterocycles. The van der Waals surface area contributed by atoms with Gasteiger partial charge in [-0.1, -0.05) is 48.5 Å². The van der Waals surface area contributed by atoms with Crippen LogP contribution in [0.4, 0.5) is 0 Å². The first-order valence-corrected chi connectivity index (χ1v) is 6.01. The number of alkyl halides is 1. The Morgan fingerprint density at radius 3 is 2.27 bits per heavy atom. The average Bonchev–Trinajstić information content (AvgIpc) is 2.07. The second kappa shape index (κ2) is 4.49. The van der Waals surface area contributed by atoms with Gasteiger partial charge in [-0.15, -0.1) is 0 Å². The summed E-state index contributed by atoms with van der Waals surface area (Å²) in [6, 6.07) is 0. The van der Waals surface area contributed by atoms with Gasteiger partial charge in [0.05, 0.1) is 0 Å². The lowest BCUT2D eigenvalue weighted by molar-refractivity contribution is 0.175. The molecule has 66 valence electrons. The van der Waals surface area contributed by atoms with Crippen LogP contribution in [0.5, 0.6) is 0 Å². The molecular weight excluding hydrogens is 200 g/mol. The number of halogens is 1. The lowest BCUT2D eigenvalue weighted by Gasteiger charge is -2.36. The van der Waals surface area contributed by atoms with E-state index in [0.29, 0.717) is 0 Å². The van der Waals surface area contributed by atoms with E-state index in [2.05, 4.69) is 22.9 Å². The van der Waals surface area contributed by atoms with Crippen molar-refractivity contribution in [3.8, 4) is 0 Å². The lowest BCUT2D eigenvalue weighted by Crippen LogP contribution is -2.23. The van der Waals surface area contributed by atoms with Gasteiger partial charge < -0.3 is 0 Å². The van der Waals surface area contributed by atoms with Gasteiger partial charge in [0.25, 0.3) is 0 Å². The van der Waals surface area contributed by atoms with E-state index < -0.39 is 0 Å². The molecule has 1 saturated carbocycles. The Morgan fingerprint density at radius 2 is 1.82 bits per heavy atom. The molecule has 0 aromatic rings. The van der Waals surface area contributed by atoms with Crippen LogP contribution in [-0.2, 0) is 0 Å². The van der Waals surface area contributed by atoms with Crippen molar-refractivity contribution in [2.24, 2.45) is 5.41 Å². The van der Waals surface area contributed by atoms with E-state index in [1.54, 1.807) is 0 Å². The van der Waals surface area contributed by atoms with Gasteiger partial charge in [0.1, 0.15) is 0 Å². The molecule has 0 amide bonds. The highest BCUT2D eigenvalue weighted by atomic mass is 79.9. The minimum Gasteiger partial charge on any atom is -0.0928 e. The Balaban J connectivity index is 2.42. The second-order valence-electron chi connectivity index (χ2n) is 3.85. The number of hydrogen-bond acceptors (Lipinski definition) is 0. The van der Waals surface area contributed by atoms with Crippen molar-refractivity contribution in [1.82, 2.24) is 0 Å². The van der Waals surface area contributed by atoms with Crippen molar-refractivity contribution in [2.45, 2.75) is 51.9 Å². The normalized spacial score (nSPS) is 23.5. The fraction of sp³-hybridized carbons (Fsp3) is 1.00. The summed E-state index contributed by atoms with van der Waals surface area (Å²) >= 11 is 3.56. The Kier molecular flexibility index (Phi) is 3.91. The molecule has 1 rings (SSSR count). The molecule has 0 bridgehead atoms. The summed E-state index contributed by atoms with van der Waals surface area (Å²) in [5.74, 6) is 0. The Bertz CT molecular complexity index is 97.9. The fourth-order valence-electron chi connectivity index (χ4n) is 2.28. The van der Waals surface area contributed by atoms with E-state index in [1.807, 2.05) is 0 Å². The van der Waals surface area contributed by atoms with E-state index in [-0.39, 0.29) is 0 Å². The van der Waals surface area contributed by atoms with Crippen molar-refractivity contribution in [3.63, 3.8) is 0 Å². The van der Waals surface area contributed by atoms with Gasteiger partial charge in [-0.2, -0.15) is 0 Å². The van der Waals surface area contributed by atoms with Crippen molar-refractivity contribution < 1.29 is 0 Å². The highest BCUT2D eigenvalue weighted by molar-refractivity contribution is 9.09. The van der Waals surface area contributed by atoms with Gasteiger partial charge in [-0.25, -0.2) is 0 Å². The molecule has 0 aromatic carbocycles. The zero-order valence-electron chi connectivity index (χ0n) is 7.53. The summed E-state index contributed by atoms with van der Waals surface area (Å²) in [7, 11) is 0. The molecule has 1 heteroatoms. The molecule has 0 nitrogen and oxygen atoms in total. The molecule has 0 aromatic heterocycles. The summed E-state index contributed by atoms with van der Waals surface area (Å²) in [6.07, 6.45) is 10.2. The average molecular weight is 219 g/mol. The van der Waals surface area contributed by atoms with Crippen LogP contribution in [0.25, 0.3) is 0 Å². The molecule has 0 aliphatic heterocycles. The topological polar surface area (TPSA) is 0 Å². The van der Waals surface area contributed by atoms with Crippen LogP contribution in [0.15, 0.2) is 0 Å². The summed E-state index contributed by atoms with van der Waals surface area (Å²) < 4.78 is 0. The zero-order chi connectivity index (χ0) is 8.16. The maximum absolute atomic E-state index is 3.56. The molecule has 0 unspecified atom stereocenters. The van der Waals surface area contributed by atoms with E-state index in [0.717, 1.165) is 5.41 Å². The van der Waals surface area contributed by atoms with Crippen molar-refractivity contribution >= 4 is 15.9 Å². The van der Waals surface area contributed by atoms with Crippen LogP contribution in [0.1, 0.15) is 51.9 Å². The Morgan fingerprint density at radius 1 is 1.18 bits per heavy atom. The molecule has 1 aliphatic carbocycles. The molecule has 1 fully saturated rings. The maximum atomic E-state index is 3.56. The molecule has 0 heterocycles. The van der Waals surface area contributed by atoms with Crippen LogP contribution >= 0.6 is 15.9 Å². The molecule has 11 heavy (non-hydrogen) atoms. The van der Waals surface area contributed by atoms with E-state index in [9.17, 15) is 0 Å². The third-order valence-corrected chi connectivity index (χ3v) is 3.69. The quantitative estimate of drug-likeness (QED) is 0.626. The number of hydrogen-bond donors (Lipinski definition) is 0. The first-order chi connectivity index (χ1) is 5.33. The monoisotopic (exact) mass is 218 g/mol. The first-order valence-electron chi connectivity index (χ1n) is 4.89. The predicted octanol–water partition coefficient (Wildman–Crippen LogP) is 4.13. The van der Waals surface area contributed by atoms with Gasteiger partial charge in [-0.05, 0) is 24.7 Å². The SMILES string of the molecule is CCC1(CCBr)CCCCC1. The summed E-state index contributed by atoms with van der Waals surface area (Å²) in [6.45, 7) is 2.36. The maximum Gasteiger partial charge on any atom is 0.00365 e. The minimum atomic E-state index is 0.724. The smallest absolute Gasteiger partial charge is 0.00365 e.